The molecule has 0 radical (unpaired) electrons. The first kappa shape index (κ1) is 25.1. The maximum Gasteiger partial charge on any atom is 0.257 e. The zero-order chi connectivity index (χ0) is 23.6. The highest BCUT2D eigenvalue weighted by Crippen LogP contribution is 2.26. The van der Waals surface area contributed by atoms with Gasteiger partial charge in [-0.25, -0.2) is 0 Å². The van der Waals surface area contributed by atoms with E-state index in [1.54, 1.807) is 42.5 Å². The van der Waals surface area contributed by atoms with E-state index in [1.807, 2.05) is 0 Å². The number of ether oxygens (including phenoxy) is 2. The summed E-state index contributed by atoms with van der Waals surface area (Å²) in [4.78, 5) is 25.3. The van der Waals surface area contributed by atoms with Gasteiger partial charge in [0.25, 0.3) is 11.8 Å². The van der Waals surface area contributed by atoms with Gasteiger partial charge in [-0.1, -0.05) is 25.5 Å². The molecule has 3 rings (SSSR count). The summed E-state index contributed by atoms with van der Waals surface area (Å²) in [6.07, 6.45) is 4.01. The second kappa shape index (κ2) is 12.7. The molecule has 176 valence electrons. The molecule has 33 heavy (non-hydrogen) atoms. The Hall–Kier alpha value is -2.49. The van der Waals surface area contributed by atoms with Crippen molar-refractivity contribution in [2.75, 3.05) is 25.1 Å². The molecule has 1 atom stereocenters. The molecule has 0 aliphatic carbocycles. The Morgan fingerprint density at radius 2 is 2.03 bits per heavy atom. The van der Waals surface area contributed by atoms with Crippen LogP contribution < -0.4 is 20.7 Å². The average Bonchev–Trinajstić information content (AvgIpc) is 3.32. The molecule has 2 aromatic carbocycles. The number of hydrogen-bond donors (Lipinski definition) is 3. The predicted molar refractivity (Wildman–Crippen MR) is 136 cm³/mol. The lowest BCUT2D eigenvalue weighted by molar-refractivity contribution is 0.0858. The summed E-state index contributed by atoms with van der Waals surface area (Å²) < 4.78 is 11.9. The zero-order valence-electron chi connectivity index (χ0n) is 18.5. The molecule has 7 nitrogen and oxygen atoms in total. The molecule has 1 aliphatic rings. The van der Waals surface area contributed by atoms with Crippen molar-refractivity contribution in [3.8, 4) is 5.75 Å². The van der Waals surface area contributed by atoms with Gasteiger partial charge in [0.05, 0.1) is 28.4 Å². The molecule has 1 unspecified atom stereocenters. The van der Waals surface area contributed by atoms with Crippen LogP contribution in [0.15, 0.2) is 46.9 Å². The van der Waals surface area contributed by atoms with Crippen molar-refractivity contribution in [3.05, 3.63) is 58.1 Å². The first-order valence-electron chi connectivity index (χ1n) is 11.0. The highest BCUT2D eigenvalue weighted by molar-refractivity contribution is 9.10. The van der Waals surface area contributed by atoms with Gasteiger partial charge in [0, 0.05) is 18.7 Å². The van der Waals surface area contributed by atoms with Crippen LogP contribution in [0.2, 0.25) is 0 Å². The normalized spacial score (nSPS) is 15.0. The maximum atomic E-state index is 12.7. The molecule has 1 heterocycles. The molecular weight excluding hydrogens is 506 g/mol. The smallest absolute Gasteiger partial charge is 0.257 e. The standard InChI is InChI=1S/C24H28BrN3O4S/c1-2-3-12-32-21-11-10-16(14-19(21)25)22(29)28-24(33)27-20-9-5-4-8-18(20)23(30)26-15-17-7-6-13-31-17/h4-5,8-11,14,17H,2-3,6-7,12-13,15H2,1H3,(H,26,30)(H2,27,28,29,33). The van der Waals surface area contributed by atoms with Crippen molar-refractivity contribution in [2.24, 2.45) is 0 Å². The minimum absolute atomic E-state index is 0.0530. The lowest BCUT2D eigenvalue weighted by Crippen LogP contribution is -2.35. The number of benzene rings is 2. The summed E-state index contributed by atoms with van der Waals surface area (Å²) >= 11 is 8.75. The third-order valence-electron chi connectivity index (χ3n) is 5.11. The summed E-state index contributed by atoms with van der Waals surface area (Å²) in [6.45, 7) is 3.91. The SMILES string of the molecule is CCCCOc1ccc(C(=O)NC(=S)Nc2ccccc2C(=O)NCC2CCCO2)cc1Br. The van der Waals surface area contributed by atoms with Crippen LogP contribution in [0.25, 0.3) is 0 Å². The van der Waals surface area contributed by atoms with Crippen molar-refractivity contribution in [1.29, 1.82) is 0 Å². The maximum absolute atomic E-state index is 12.7. The van der Waals surface area contributed by atoms with Gasteiger partial charge in [-0.05, 0) is 77.7 Å². The number of hydrogen-bond acceptors (Lipinski definition) is 5. The number of carbonyl (C=O) groups is 2. The Morgan fingerprint density at radius 3 is 2.76 bits per heavy atom. The Labute approximate surface area is 207 Å². The molecular formula is C24H28BrN3O4S. The Kier molecular flexibility index (Phi) is 9.65. The Balaban J connectivity index is 1.57. The minimum Gasteiger partial charge on any atom is -0.492 e. The fourth-order valence-corrected chi connectivity index (χ4v) is 4.01. The van der Waals surface area contributed by atoms with E-state index in [9.17, 15) is 9.59 Å². The molecule has 9 heteroatoms. The van der Waals surface area contributed by atoms with E-state index in [4.69, 9.17) is 21.7 Å². The summed E-state index contributed by atoms with van der Waals surface area (Å²) in [5.41, 5.74) is 1.37. The molecule has 2 amide bonds. The van der Waals surface area contributed by atoms with Crippen LogP contribution >= 0.6 is 28.1 Å². The van der Waals surface area contributed by atoms with Gasteiger partial charge >= 0.3 is 0 Å². The summed E-state index contributed by atoms with van der Waals surface area (Å²) in [7, 11) is 0. The second-order valence-corrected chi connectivity index (χ2v) is 8.91. The van der Waals surface area contributed by atoms with Crippen molar-refractivity contribution in [1.82, 2.24) is 10.6 Å². The second-order valence-electron chi connectivity index (χ2n) is 7.65. The molecule has 2 aromatic rings. The fourth-order valence-electron chi connectivity index (χ4n) is 3.31. The average molecular weight is 534 g/mol. The number of amides is 2. The van der Waals surface area contributed by atoms with Crippen LogP contribution in [0.1, 0.15) is 53.3 Å². The third kappa shape index (κ3) is 7.52. The summed E-state index contributed by atoms with van der Waals surface area (Å²) in [6, 6.07) is 12.1. The van der Waals surface area contributed by atoms with Crippen molar-refractivity contribution in [2.45, 2.75) is 38.7 Å². The number of carbonyl (C=O) groups excluding carboxylic acids is 2. The Morgan fingerprint density at radius 1 is 1.21 bits per heavy atom. The first-order valence-corrected chi connectivity index (χ1v) is 12.2. The largest absolute Gasteiger partial charge is 0.492 e. The quantitative estimate of drug-likeness (QED) is 0.320. The van der Waals surface area contributed by atoms with E-state index >= 15 is 0 Å². The van der Waals surface area contributed by atoms with E-state index in [2.05, 4.69) is 38.8 Å². The number of nitrogens with one attached hydrogen (secondary N) is 3. The van der Waals surface area contributed by atoms with Crippen LogP contribution in [-0.4, -0.2) is 42.8 Å². The third-order valence-corrected chi connectivity index (χ3v) is 5.93. The minimum atomic E-state index is -0.367. The van der Waals surface area contributed by atoms with E-state index in [-0.39, 0.29) is 23.0 Å². The van der Waals surface area contributed by atoms with Gasteiger partial charge in [0.2, 0.25) is 0 Å². The molecule has 1 saturated heterocycles. The van der Waals surface area contributed by atoms with E-state index < -0.39 is 0 Å². The molecule has 0 saturated carbocycles. The molecule has 0 spiro atoms. The van der Waals surface area contributed by atoms with Gasteiger partial charge in [0.15, 0.2) is 5.11 Å². The number of unbranched alkanes of at least 4 members (excludes halogenated alkanes) is 1. The fraction of sp³-hybridized carbons (Fsp3) is 0.375. The summed E-state index contributed by atoms with van der Waals surface area (Å²) in [5.74, 6) is 0.0857. The monoisotopic (exact) mass is 533 g/mol. The van der Waals surface area contributed by atoms with Gasteiger partial charge < -0.3 is 20.1 Å². The van der Waals surface area contributed by atoms with Crippen molar-refractivity contribution < 1.29 is 19.1 Å². The molecule has 0 aromatic heterocycles. The molecule has 1 fully saturated rings. The molecule has 3 N–H and O–H groups in total. The van der Waals surface area contributed by atoms with Crippen molar-refractivity contribution in [3.63, 3.8) is 0 Å². The van der Waals surface area contributed by atoms with Gasteiger partial charge in [0.1, 0.15) is 5.75 Å². The highest BCUT2D eigenvalue weighted by atomic mass is 79.9. The zero-order valence-corrected chi connectivity index (χ0v) is 20.9. The van der Waals surface area contributed by atoms with Crippen LogP contribution in [0.4, 0.5) is 5.69 Å². The van der Waals surface area contributed by atoms with E-state index in [0.717, 1.165) is 32.3 Å². The molecule has 1 aliphatic heterocycles. The number of thiocarbonyl (C=S) groups is 1. The van der Waals surface area contributed by atoms with E-state index in [0.29, 0.717) is 40.2 Å². The lowest BCUT2D eigenvalue weighted by Gasteiger charge is -2.15. The first-order chi connectivity index (χ1) is 16.0. The molecule has 0 bridgehead atoms. The number of anilines is 1. The van der Waals surface area contributed by atoms with Crippen molar-refractivity contribution >= 4 is 50.8 Å². The van der Waals surface area contributed by atoms with Gasteiger partial charge in [-0.15, -0.1) is 0 Å². The van der Waals surface area contributed by atoms with Crippen LogP contribution in [0.5, 0.6) is 5.75 Å². The predicted octanol–water partition coefficient (Wildman–Crippen LogP) is 4.66. The lowest BCUT2D eigenvalue weighted by atomic mass is 10.1. The topological polar surface area (TPSA) is 88.7 Å². The Bertz CT molecular complexity index is 995. The summed E-state index contributed by atoms with van der Waals surface area (Å²) in [5, 5.41) is 8.60. The highest BCUT2D eigenvalue weighted by Gasteiger charge is 2.18. The number of rotatable bonds is 9. The van der Waals surface area contributed by atoms with Crippen LogP contribution in [0, 0.1) is 0 Å². The van der Waals surface area contributed by atoms with Crippen LogP contribution in [-0.2, 0) is 4.74 Å². The number of para-hydroxylation sites is 1. The van der Waals surface area contributed by atoms with Gasteiger partial charge in [-0.2, -0.15) is 0 Å². The van der Waals surface area contributed by atoms with Gasteiger partial charge in [-0.3, -0.25) is 14.9 Å². The van der Waals surface area contributed by atoms with E-state index in [1.165, 1.54) is 0 Å². The van der Waals surface area contributed by atoms with Crippen LogP contribution in [0.3, 0.4) is 0 Å². The number of halogens is 1.